The van der Waals surface area contributed by atoms with Crippen LogP contribution in [0.1, 0.15) is 5.69 Å². The molecule has 3 rings (SSSR count). The number of rotatable bonds is 2. The minimum Gasteiger partial charge on any atom is -0.291 e. The lowest BCUT2D eigenvalue weighted by Crippen LogP contribution is -1.88. The average molecular weight is 250 g/mol. The van der Waals surface area contributed by atoms with Gasteiger partial charge in [0.1, 0.15) is 0 Å². The van der Waals surface area contributed by atoms with Gasteiger partial charge in [-0.2, -0.15) is 4.99 Å². The van der Waals surface area contributed by atoms with Crippen LogP contribution in [0.5, 0.6) is 0 Å². The third-order valence-electron chi connectivity index (χ3n) is 2.80. The molecule has 0 saturated heterocycles. The van der Waals surface area contributed by atoms with Crippen molar-refractivity contribution in [3.8, 4) is 11.3 Å². The van der Waals surface area contributed by atoms with Gasteiger partial charge in [-0.25, -0.2) is 14.8 Å². The number of fused-ring (bicyclic) bond motifs is 1. The van der Waals surface area contributed by atoms with E-state index in [1.807, 2.05) is 41.9 Å². The number of hydrogen-bond acceptors (Lipinski definition) is 4. The Bertz CT molecular complexity index is 783. The first kappa shape index (κ1) is 11.3. The Morgan fingerprint density at radius 3 is 2.68 bits per heavy atom. The first-order chi connectivity index (χ1) is 9.26. The van der Waals surface area contributed by atoms with Crippen molar-refractivity contribution in [2.45, 2.75) is 6.92 Å². The highest BCUT2D eigenvalue weighted by Gasteiger charge is 2.05. The second-order valence-corrected chi connectivity index (χ2v) is 4.15. The number of imidazole rings is 1. The van der Waals surface area contributed by atoms with E-state index < -0.39 is 0 Å². The van der Waals surface area contributed by atoms with E-state index in [1.165, 1.54) is 6.08 Å². The Hall–Kier alpha value is -2.78. The summed E-state index contributed by atoms with van der Waals surface area (Å²) in [6.45, 7) is 1.93. The normalized spacial score (nSPS) is 10.4. The average Bonchev–Trinajstić information content (AvgIpc) is 2.83. The van der Waals surface area contributed by atoms with Gasteiger partial charge in [0, 0.05) is 23.7 Å². The lowest BCUT2D eigenvalue weighted by molar-refractivity contribution is 0.565. The second kappa shape index (κ2) is 4.48. The SMILES string of the molecule is Cc1ccn2cc(-c3ccc(N=C=O)cc3)nc2n1. The molecule has 0 N–H and O–H groups in total. The highest BCUT2D eigenvalue weighted by Crippen LogP contribution is 2.21. The van der Waals surface area contributed by atoms with Crippen LogP contribution in [0.2, 0.25) is 0 Å². The smallest absolute Gasteiger partial charge is 0.240 e. The molecule has 0 saturated carbocycles. The minimum atomic E-state index is 0.580. The van der Waals surface area contributed by atoms with Crippen LogP contribution in [0.3, 0.4) is 0 Å². The Labute approximate surface area is 109 Å². The third kappa shape index (κ3) is 2.14. The van der Waals surface area contributed by atoms with Crippen LogP contribution in [-0.2, 0) is 4.79 Å². The highest BCUT2D eigenvalue weighted by molar-refractivity contribution is 5.64. The molecule has 1 aromatic carbocycles. The number of aliphatic imine (C=N–C) groups is 1. The first-order valence-electron chi connectivity index (χ1n) is 5.77. The number of aryl methyl sites for hydroxylation is 1. The van der Waals surface area contributed by atoms with Gasteiger partial charge in [-0.3, -0.25) is 4.40 Å². The number of benzene rings is 1. The van der Waals surface area contributed by atoms with Crippen LogP contribution in [0.4, 0.5) is 5.69 Å². The van der Waals surface area contributed by atoms with E-state index in [2.05, 4.69) is 15.0 Å². The molecule has 2 aromatic heterocycles. The van der Waals surface area contributed by atoms with Gasteiger partial charge < -0.3 is 0 Å². The van der Waals surface area contributed by atoms with Gasteiger partial charge in [0.2, 0.25) is 11.9 Å². The fraction of sp³-hybridized carbons (Fsp3) is 0.0714. The molecule has 0 aliphatic rings. The fourth-order valence-corrected chi connectivity index (χ4v) is 1.86. The van der Waals surface area contributed by atoms with Gasteiger partial charge in [-0.15, -0.1) is 0 Å². The standard InChI is InChI=1S/C14H10N4O/c1-10-6-7-18-8-13(17-14(18)16-10)11-2-4-12(5-3-11)15-9-19/h2-8H,1H3. The van der Waals surface area contributed by atoms with E-state index >= 15 is 0 Å². The largest absolute Gasteiger partial charge is 0.291 e. The molecular formula is C14H10N4O. The van der Waals surface area contributed by atoms with Crippen molar-refractivity contribution < 1.29 is 4.79 Å². The van der Waals surface area contributed by atoms with Gasteiger partial charge in [0.05, 0.1) is 11.4 Å². The Morgan fingerprint density at radius 2 is 1.95 bits per heavy atom. The summed E-state index contributed by atoms with van der Waals surface area (Å²) in [4.78, 5) is 22.5. The Kier molecular flexibility index (Phi) is 2.67. The predicted molar refractivity (Wildman–Crippen MR) is 70.9 cm³/mol. The van der Waals surface area contributed by atoms with Crippen LogP contribution in [-0.4, -0.2) is 20.4 Å². The monoisotopic (exact) mass is 250 g/mol. The maximum Gasteiger partial charge on any atom is 0.240 e. The number of hydrogen-bond donors (Lipinski definition) is 0. The molecule has 5 nitrogen and oxygen atoms in total. The molecule has 5 heteroatoms. The molecule has 0 fully saturated rings. The van der Waals surface area contributed by atoms with Crippen LogP contribution >= 0.6 is 0 Å². The number of carbonyl (C=O) groups excluding carboxylic acids is 1. The summed E-state index contributed by atoms with van der Waals surface area (Å²) in [7, 11) is 0. The number of aromatic nitrogens is 3. The van der Waals surface area contributed by atoms with E-state index in [9.17, 15) is 4.79 Å². The highest BCUT2D eigenvalue weighted by atomic mass is 16.1. The zero-order chi connectivity index (χ0) is 13.2. The maximum absolute atomic E-state index is 10.2. The van der Waals surface area contributed by atoms with Gasteiger partial charge in [0.25, 0.3) is 0 Å². The molecule has 0 spiro atoms. The lowest BCUT2D eigenvalue weighted by atomic mass is 10.1. The van der Waals surface area contributed by atoms with Gasteiger partial charge in [-0.05, 0) is 25.1 Å². The third-order valence-corrected chi connectivity index (χ3v) is 2.80. The zero-order valence-corrected chi connectivity index (χ0v) is 10.2. The van der Waals surface area contributed by atoms with Crippen molar-refractivity contribution in [1.29, 1.82) is 0 Å². The van der Waals surface area contributed by atoms with Crippen molar-refractivity contribution >= 4 is 17.5 Å². The molecular weight excluding hydrogens is 240 g/mol. The fourth-order valence-electron chi connectivity index (χ4n) is 1.86. The quantitative estimate of drug-likeness (QED) is 0.519. The molecule has 19 heavy (non-hydrogen) atoms. The summed E-state index contributed by atoms with van der Waals surface area (Å²) in [6, 6.07) is 9.17. The summed E-state index contributed by atoms with van der Waals surface area (Å²) in [5, 5.41) is 0. The van der Waals surface area contributed by atoms with Gasteiger partial charge in [0.15, 0.2) is 0 Å². The van der Waals surface area contributed by atoms with Gasteiger partial charge >= 0.3 is 0 Å². The Balaban J connectivity index is 2.05. The molecule has 0 atom stereocenters. The topological polar surface area (TPSA) is 59.6 Å². The van der Waals surface area contributed by atoms with E-state index in [1.54, 1.807) is 12.1 Å². The zero-order valence-electron chi connectivity index (χ0n) is 10.2. The molecule has 2 heterocycles. The van der Waals surface area contributed by atoms with Crippen molar-refractivity contribution in [3.63, 3.8) is 0 Å². The molecule has 0 radical (unpaired) electrons. The molecule has 0 bridgehead atoms. The first-order valence-corrected chi connectivity index (χ1v) is 5.77. The van der Waals surface area contributed by atoms with Crippen LogP contribution in [0.25, 0.3) is 17.0 Å². The summed E-state index contributed by atoms with van der Waals surface area (Å²) >= 11 is 0. The van der Waals surface area contributed by atoms with Crippen LogP contribution < -0.4 is 0 Å². The van der Waals surface area contributed by atoms with E-state index in [0.717, 1.165) is 17.0 Å². The van der Waals surface area contributed by atoms with Crippen molar-refractivity contribution in [2.75, 3.05) is 0 Å². The second-order valence-electron chi connectivity index (χ2n) is 4.15. The molecule has 0 unspecified atom stereocenters. The Morgan fingerprint density at radius 1 is 1.16 bits per heavy atom. The van der Waals surface area contributed by atoms with E-state index in [0.29, 0.717) is 11.5 Å². The molecule has 0 amide bonds. The lowest BCUT2D eigenvalue weighted by Gasteiger charge is -1.95. The summed E-state index contributed by atoms with van der Waals surface area (Å²) in [5.74, 6) is 0.671. The molecule has 0 aliphatic heterocycles. The van der Waals surface area contributed by atoms with Crippen LogP contribution in [0, 0.1) is 6.92 Å². The van der Waals surface area contributed by atoms with E-state index in [-0.39, 0.29) is 0 Å². The number of nitrogens with zero attached hydrogens (tertiary/aromatic N) is 4. The summed E-state index contributed by atoms with van der Waals surface area (Å²) in [5.41, 5.74) is 3.30. The van der Waals surface area contributed by atoms with Crippen LogP contribution in [0.15, 0.2) is 47.7 Å². The van der Waals surface area contributed by atoms with Crippen molar-refractivity contribution in [2.24, 2.45) is 4.99 Å². The predicted octanol–water partition coefficient (Wildman–Crippen LogP) is 2.67. The van der Waals surface area contributed by atoms with Gasteiger partial charge in [-0.1, -0.05) is 12.1 Å². The summed E-state index contributed by atoms with van der Waals surface area (Å²) < 4.78 is 1.87. The summed E-state index contributed by atoms with van der Waals surface area (Å²) in [6.07, 6.45) is 5.36. The molecule has 3 aromatic rings. The maximum atomic E-state index is 10.2. The van der Waals surface area contributed by atoms with Crippen molar-refractivity contribution in [3.05, 3.63) is 48.4 Å². The minimum absolute atomic E-state index is 0.580. The van der Waals surface area contributed by atoms with Crippen molar-refractivity contribution in [1.82, 2.24) is 14.4 Å². The number of isocyanates is 1. The molecule has 0 aliphatic carbocycles. The van der Waals surface area contributed by atoms with E-state index in [4.69, 9.17) is 0 Å². The molecule has 92 valence electrons.